The molecule has 1 amide bonds. The van der Waals surface area contributed by atoms with Gasteiger partial charge in [0.1, 0.15) is 0 Å². The highest BCUT2D eigenvalue weighted by atomic mass is 16.4. The highest BCUT2D eigenvalue weighted by molar-refractivity contribution is 5.75. The Bertz CT molecular complexity index is 223. The number of hydrogen-bond acceptors (Lipinski definition) is 2. The number of carbonyl (C=O) groups excluding carboxylic acids is 1. The first-order chi connectivity index (χ1) is 8.11. The van der Waals surface area contributed by atoms with E-state index in [0.717, 1.165) is 38.5 Å². The van der Waals surface area contributed by atoms with Crippen molar-refractivity contribution < 1.29 is 14.7 Å². The molecule has 0 spiro atoms. The van der Waals surface area contributed by atoms with E-state index in [4.69, 9.17) is 5.11 Å². The number of hydrogen-bond donors (Lipinski definition) is 2. The van der Waals surface area contributed by atoms with Crippen LogP contribution in [0.25, 0.3) is 0 Å². The predicted octanol–water partition coefficient (Wildman–Crippen LogP) is 2.57. The number of aliphatic carboxylic acids is 1. The molecule has 0 atom stereocenters. The van der Waals surface area contributed by atoms with Crippen LogP contribution in [0.1, 0.15) is 58.3 Å². The summed E-state index contributed by atoms with van der Waals surface area (Å²) in [6.07, 6.45) is 8.00. The summed E-state index contributed by atoms with van der Waals surface area (Å²) >= 11 is 0. The Morgan fingerprint density at radius 2 is 1.82 bits per heavy atom. The third-order valence-corrected chi connectivity index (χ3v) is 2.99. The van der Waals surface area contributed by atoms with Crippen LogP contribution in [0.2, 0.25) is 0 Å². The van der Waals surface area contributed by atoms with Crippen LogP contribution in [0.15, 0.2) is 0 Å². The molecule has 1 rings (SSSR count). The fourth-order valence-electron chi connectivity index (χ4n) is 1.81. The minimum Gasteiger partial charge on any atom is -0.481 e. The smallest absolute Gasteiger partial charge is 0.306 e. The third kappa shape index (κ3) is 8.72. The van der Waals surface area contributed by atoms with Crippen molar-refractivity contribution in [2.75, 3.05) is 7.05 Å². The van der Waals surface area contributed by atoms with Crippen LogP contribution in [0.5, 0.6) is 0 Å². The van der Waals surface area contributed by atoms with E-state index in [9.17, 15) is 9.59 Å². The summed E-state index contributed by atoms with van der Waals surface area (Å²) in [7, 11) is 1.66. The van der Waals surface area contributed by atoms with E-state index in [-0.39, 0.29) is 11.8 Å². The number of carbonyl (C=O) groups is 2. The number of nitrogens with one attached hydrogen (secondary N) is 1. The molecule has 17 heavy (non-hydrogen) atoms. The van der Waals surface area contributed by atoms with Gasteiger partial charge in [0.15, 0.2) is 0 Å². The molecule has 0 unspecified atom stereocenters. The first kappa shape index (κ1) is 15.9. The Balaban J connectivity index is 0.000000304. The van der Waals surface area contributed by atoms with Crippen molar-refractivity contribution in [3.05, 3.63) is 0 Å². The molecule has 0 heterocycles. The van der Waals surface area contributed by atoms with Crippen molar-refractivity contribution in [3.63, 3.8) is 0 Å². The number of unbranched alkanes of at least 4 members (excludes halogenated alkanes) is 1. The van der Waals surface area contributed by atoms with Crippen molar-refractivity contribution in [3.8, 4) is 0 Å². The average Bonchev–Trinajstić information content (AvgIpc) is 2.37. The topological polar surface area (TPSA) is 66.4 Å². The summed E-state index contributed by atoms with van der Waals surface area (Å²) in [6, 6.07) is 0. The minimum absolute atomic E-state index is 0.0289. The molecule has 1 fully saturated rings. The summed E-state index contributed by atoms with van der Waals surface area (Å²) in [5, 5.41) is 11.1. The molecule has 0 aromatic heterocycles. The maximum Gasteiger partial charge on any atom is 0.306 e. The summed E-state index contributed by atoms with van der Waals surface area (Å²) in [5.41, 5.74) is 0. The van der Waals surface area contributed by atoms with Gasteiger partial charge < -0.3 is 10.4 Å². The van der Waals surface area contributed by atoms with Crippen LogP contribution in [0, 0.1) is 5.92 Å². The second-order valence-electron chi connectivity index (χ2n) is 4.45. The lowest BCUT2D eigenvalue weighted by Gasteiger charge is -2.16. The monoisotopic (exact) mass is 243 g/mol. The average molecular weight is 243 g/mol. The zero-order valence-electron chi connectivity index (χ0n) is 11.0. The van der Waals surface area contributed by atoms with E-state index in [1.54, 1.807) is 7.05 Å². The minimum atomic E-state index is -0.602. The number of amides is 1. The van der Waals surface area contributed by atoms with Crippen LogP contribution >= 0.6 is 0 Å². The van der Waals surface area contributed by atoms with E-state index in [1.165, 1.54) is 6.42 Å². The van der Waals surface area contributed by atoms with Gasteiger partial charge in [0, 0.05) is 13.5 Å². The van der Waals surface area contributed by atoms with Gasteiger partial charge in [-0.25, -0.2) is 0 Å². The van der Waals surface area contributed by atoms with Gasteiger partial charge in [-0.15, -0.1) is 0 Å². The lowest BCUT2D eigenvalue weighted by Crippen LogP contribution is -2.16. The summed E-state index contributed by atoms with van der Waals surface area (Å²) < 4.78 is 0. The molecule has 0 bridgehead atoms. The van der Waals surface area contributed by atoms with E-state index < -0.39 is 5.97 Å². The summed E-state index contributed by atoms with van der Waals surface area (Å²) in [5.74, 6) is -0.486. The largest absolute Gasteiger partial charge is 0.481 e. The molecule has 2 N–H and O–H groups in total. The van der Waals surface area contributed by atoms with Gasteiger partial charge in [-0.2, -0.15) is 0 Å². The fraction of sp³-hybridized carbons (Fsp3) is 0.846. The highest BCUT2D eigenvalue weighted by Gasteiger charge is 2.19. The van der Waals surface area contributed by atoms with E-state index in [1.807, 2.05) is 0 Å². The third-order valence-electron chi connectivity index (χ3n) is 2.99. The first-order valence-electron chi connectivity index (χ1n) is 6.55. The van der Waals surface area contributed by atoms with E-state index in [0.29, 0.717) is 6.42 Å². The Morgan fingerprint density at radius 3 is 2.18 bits per heavy atom. The predicted molar refractivity (Wildman–Crippen MR) is 67.8 cm³/mol. The molecule has 0 aromatic rings. The van der Waals surface area contributed by atoms with Crippen molar-refractivity contribution in [2.45, 2.75) is 58.3 Å². The van der Waals surface area contributed by atoms with Gasteiger partial charge in [0.05, 0.1) is 5.92 Å². The molecule has 4 heteroatoms. The molecule has 4 nitrogen and oxygen atoms in total. The number of carboxylic acids is 1. The van der Waals surface area contributed by atoms with Gasteiger partial charge >= 0.3 is 5.97 Å². The van der Waals surface area contributed by atoms with Crippen LogP contribution in [0.3, 0.4) is 0 Å². The van der Waals surface area contributed by atoms with Crippen LogP contribution in [-0.2, 0) is 9.59 Å². The maximum atomic E-state index is 10.5. The number of rotatable bonds is 4. The van der Waals surface area contributed by atoms with Crippen LogP contribution in [0.4, 0.5) is 0 Å². The van der Waals surface area contributed by atoms with Crippen molar-refractivity contribution in [2.24, 2.45) is 5.92 Å². The zero-order valence-corrected chi connectivity index (χ0v) is 11.0. The molecule has 1 aliphatic rings. The zero-order chi connectivity index (χ0) is 13.1. The van der Waals surface area contributed by atoms with Crippen LogP contribution < -0.4 is 5.32 Å². The van der Waals surface area contributed by atoms with Crippen molar-refractivity contribution in [1.29, 1.82) is 0 Å². The summed E-state index contributed by atoms with van der Waals surface area (Å²) in [4.78, 5) is 20.8. The van der Waals surface area contributed by atoms with Gasteiger partial charge in [-0.05, 0) is 19.3 Å². The van der Waals surface area contributed by atoms with E-state index >= 15 is 0 Å². The lowest BCUT2D eigenvalue weighted by molar-refractivity contribution is -0.142. The molecule has 1 aliphatic carbocycles. The molecule has 0 radical (unpaired) electrons. The fourth-order valence-corrected chi connectivity index (χ4v) is 1.81. The quantitative estimate of drug-likeness (QED) is 0.797. The lowest BCUT2D eigenvalue weighted by atomic mass is 9.90. The van der Waals surface area contributed by atoms with Gasteiger partial charge in [-0.1, -0.05) is 32.6 Å². The van der Waals surface area contributed by atoms with E-state index in [2.05, 4.69) is 12.2 Å². The Labute approximate surface area is 104 Å². The molecule has 0 aliphatic heterocycles. The molecule has 1 saturated carbocycles. The van der Waals surface area contributed by atoms with Crippen molar-refractivity contribution >= 4 is 11.9 Å². The Kier molecular flexibility index (Phi) is 9.49. The van der Waals surface area contributed by atoms with Crippen molar-refractivity contribution in [1.82, 2.24) is 5.32 Å². The second-order valence-corrected chi connectivity index (χ2v) is 4.45. The Hall–Kier alpha value is -1.06. The molecule has 0 aromatic carbocycles. The SMILES string of the molecule is CCCCC(=O)NC.O=C(O)C1CCCCC1. The number of carboxylic acid groups (broad SMARTS) is 1. The normalized spacial score (nSPS) is 15.6. The van der Waals surface area contributed by atoms with Gasteiger partial charge in [-0.3, -0.25) is 9.59 Å². The molecular formula is C13H25NO3. The highest BCUT2D eigenvalue weighted by Crippen LogP contribution is 2.23. The van der Waals surface area contributed by atoms with Gasteiger partial charge in [0.25, 0.3) is 0 Å². The molecular weight excluding hydrogens is 218 g/mol. The Morgan fingerprint density at radius 1 is 1.24 bits per heavy atom. The first-order valence-corrected chi connectivity index (χ1v) is 6.55. The second kappa shape index (κ2) is 10.1. The standard InChI is InChI=1S/C7H12O2.C6H13NO/c8-7(9)6-4-2-1-3-5-6;1-3-4-5-6(8)7-2/h6H,1-5H2,(H,8,9);3-5H2,1-2H3,(H,7,8). The van der Waals surface area contributed by atoms with Crippen LogP contribution in [-0.4, -0.2) is 24.0 Å². The maximum absolute atomic E-state index is 10.5. The van der Waals surface area contributed by atoms with Gasteiger partial charge in [0.2, 0.25) is 5.91 Å². The molecule has 0 saturated heterocycles. The summed E-state index contributed by atoms with van der Waals surface area (Å²) in [6.45, 7) is 2.07. The molecule has 100 valence electrons.